The van der Waals surface area contributed by atoms with Gasteiger partial charge in [-0.1, -0.05) is 18.7 Å². The Morgan fingerprint density at radius 2 is 1.91 bits per heavy atom. The van der Waals surface area contributed by atoms with Crippen LogP contribution in [0, 0.1) is 12.3 Å². The maximum atomic E-state index is 8.76. The largest absolute Gasteiger partial charge is 0.356 e. The molecule has 0 atom stereocenters. The summed E-state index contributed by atoms with van der Waals surface area (Å²) in [5, 5.41) is 9.84. The molecule has 32 heavy (non-hydrogen) atoms. The van der Waals surface area contributed by atoms with E-state index in [4.69, 9.17) is 5.41 Å². The number of aromatic amines is 1. The van der Waals surface area contributed by atoms with Gasteiger partial charge in [0.2, 0.25) is 0 Å². The van der Waals surface area contributed by atoms with Crippen LogP contribution in [0.15, 0.2) is 54.4 Å². The molecule has 0 unspecified atom stereocenters. The summed E-state index contributed by atoms with van der Waals surface area (Å²) in [6, 6.07) is 4.03. The van der Waals surface area contributed by atoms with E-state index in [9.17, 15) is 0 Å². The summed E-state index contributed by atoms with van der Waals surface area (Å²) >= 11 is 0. The molecular weight excluding hydrogens is 396 g/mol. The van der Waals surface area contributed by atoms with E-state index in [0.29, 0.717) is 11.3 Å². The molecule has 3 aromatic heterocycles. The van der Waals surface area contributed by atoms with Gasteiger partial charge in [0.1, 0.15) is 11.6 Å². The van der Waals surface area contributed by atoms with Crippen molar-refractivity contribution < 1.29 is 0 Å². The lowest BCUT2D eigenvalue weighted by molar-refractivity contribution is 0.575. The third-order valence-electron chi connectivity index (χ3n) is 6.44. The number of aromatic nitrogens is 4. The van der Waals surface area contributed by atoms with Crippen molar-refractivity contribution in [2.75, 3.05) is 18.0 Å². The van der Waals surface area contributed by atoms with Crippen molar-refractivity contribution in [2.24, 2.45) is 7.05 Å². The van der Waals surface area contributed by atoms with Crippen LogP contribution in [-0.2, 0) is 7.05 Å². The minimum absolute atomic E-state index is 0.405. The van der Waals surface area contributed by atoms with Crippen molar-refractivity contribution in [1.29, 1.82) is 5.41 Å². The highest BCUT2D eigenvalue weighted by Gasteiger charge is 2.18. The molecule has 3 aromatic rings. The van der Waals surface area contributed by atoms with Crippen LogP contribution < -0.4 is 4.90 Å². The third-order valence-corrected chi connectivity index (χ3v) is 6.44. The average molecular weight is 429 g/mol. The van der Waals surface area contributed by atoms with Gasteiger partial charge < -0.3 is 14.5 Å². The van der Waals surface area contributed by atoms with Gasteiger partial charge in [0.05, 0.1) is 28.8 Å². The van der Waals surface area contributed by atoms with Crippen molar-refractivity contribution in [3.63, 3.8) is 0 Å². The zero-order valence-electron chi connectivity index (χ0n) is 19.5. The lowest BCUT2D eigenvalue weighted by Gasteiger charge is -2.28. The van der Waals surface area contributed by atoms with Crippen LogP contribution in [0.25, 0.3) is 16.5 Å². The highest BCUT2D eigenvalue weighted by Crippen LogP contribution is 2.29. The number of H-pyrrole nitrogens is 1. The summed E-state index contributed by atoms with van der Waals surface area (Å²) in [4.78, 5) is 14.8. The van der Waals surface area contributed by atoms with E-state index in [1.807, 2.05) is 51.5 Å². The van der Waals surface area contributed by atoms with E-state index in [1.54, 1.807) is 0 Å². The number of fused-ring (bicyclic) bond motifs is 1. The Labute approximate surface area is 189 Å². The second-order valence-electron chi connectivity index (χ2n) is 8.63. The van der Waals surface area contributed by atoms with Crippen LogP contribution in [0.2, 0.25) is 0 Å². The summed E-state index contributed by atoms with van der Waals surface area (Å²) in [7, 11) is 2.02. The Hall–Kier alpha value is -3.41. The summed E-state index contributed by atoms with van der Waals surface area (Å²) in [6.45, 7) is 12.3. The lowest BCUT2D eigenvalue weighted by Crippen LogP contribution is -2.30. The number of hydrogen-bond donors (Lipinski definition) is 2. The number of rotatable bonds is 6. The molecule has 1 aliphatic heterocycles. The minimum atomic E-state index is 0.405. The Balaban J connectivity index is 1.57. The van der Waals surface area contributed by atoms with Gasteiger partial charge in [-0.15, -0.1) is 0 Å². The molecule has 0 aliphatic carbocycles. The number of pyridine rings is 1. The predicted octanol–water partition coefficient (Wildman–Crippen LogP) is 5.57. The summed E-state index contributed by atoms with van der Waals surface area (Å²) < 4.78 is 2.07. The zero-order valence-corrected chi connectivity index (χ0v) is 19.5. The van der Waals surface area contributed by atoms with Crippen molar-refractivity contribution in [1.82, 2.24) is 19.5 Å². The second kappa shape index (κ2) is 8.99. The Morgan fingerprint density at radius 3 is 2.59 bits per heavy atom. The van der Waals surface area contributed by atoms with Gasteiger partial charge in [-0.05, 0) is 68.9 Å². The Kier molecular flexibility index (Phi) is 6.12. The first-order valence-corrected chi connectivity index (χ1v) is 11.2. The van der Waals surface area contributed by atoms with E-state index < -0.39 is 0 Å². The van der Waals surface area contributed by atoms with Crippen molar-refractivity contribution in [2.45, 2.75) is 40.0 Å². The maximum Gasteiger partial charge on any atom is 0.137 e. The molecular formula is C26H32N6. The topological polar surface area (TPSA) is 73.6 Å². The smallest absolute Gasteiger partial charge is 0.137 e. The normalized spacial score (nSPS) is 15.4. The van der Waals surface area contributed by atoms with E-state index in [1.165, 1.54) is 19.3 Å². The van der Waals surface area contributed by atoms with E-state index in [-0.39, 0.29) is 0 Å². The molecule has 0 bridgehead atoms. The fraction of sp³-hybridized carbons (Fsp3) is 0.346. The molecule has 2 N–H and O–H groups in total. The molecule has 0 saturated carbocycles. The molecule has 1 aliphatic rings. The van der Waals surface area contributed by atoms with E-state index in [2.05, 4.69) is 44.0 Å². The number of nitrogens with zero attached hydrogens (tertiary/aromatic N) is 4. The Bertz CT molecular complexity index is 1230. The van der Waals surface area contributed by atoms with Gasteiger partial charge in [0, 0.05) is 31.7 Å². The SMILES string of the molecule is C=C(C(=N)c1cc2c(N3CCCCC3)nccc2[nH]1)/C(C)=C\C=C(/C)c1cnc(C)n1C. The number of allylic oxidation sites excluding steroid dienone is 5. The highest BCUT2D eigenvalue weighted by atomic mass is 15.2. The molecule has 4 rings (SSSR count). The first-order chi connectivity index (χ1) is 15.4. The molecule has 0 aromatic carbocycles. The number of hydrogen-bond acceptors (Lipinski definition) is 4. The van der Waals surface area contributed by atoms with Gasteiger partial charge >= 0.3 is 0 Å². The zero-order chi connectivity index (χ0) is 22.8. The van der Waals surface area contributed by atoms with Crippen LogP contribution in [-0.4, -0.2) is 38.3 Å². The van der Waals surface area contributed by atoms with Crippen LogP contribution in [0.5, 0.6) is 0 Å². The third kappa shape index (κ3) is 4.17. The fourth-order valence-electron chi connectivity index (χ4n) is 4.20. The van der Waals surface area contributed by atoms with Crippen LogP contribution in [0.4, 0.5) is 5.82 Å². The standard InChI is InChI=1S/C26H32N6/c1-17(9-10-18(2)24-16-29-20(4)31(24)5)19(3)25(27)23-15-21-22(30-23)11-12-28-26(21)32-13-7-6-8-14-32/h9-12,15-16,27,30H,3,6-8,13-14H2,1-2,4-5H3/b17-9-,18-10+,27-25?. The van der Waals surface area contributed by atoms with Crippen molar-refractivity contribution in [3.05, 3.63) is 71.6 Å². The lowest BCUT2D eigenvalue weighted by atomic mass is 10.0. The number of anilines is 1. The molecule has 0 radical (unpaired) electrons. The minimum Gasteiger partial charge on any atom is -0.356 e. The van der Waals surface area contributed by atoms with Gasteiger partial charge in [-0.25, -0.2) is 9.97 Å². The van der Waals surface area contributed by atoms with E-state index >= 15 is 0 Å². The monoisotopic (exact) mass is 428 g/mol. The first-order valence-electron chi connectivity index (χ1n) is 11.2. The first kappa shape index (κ1) is 21.8. The summed E-state index contributed by atoms with van der Waals surface area (Å²) in [6.07, 6.45) is 11.5. The molecule has 6 nitrogen and oxygen atoms in total. The molecule has 4 heterocycles. The second-order valence-corrected chi connectivity index (χ2v) is 8.63. The van der Waals surface area contributed by atoms with Crippen LogP contribution >= 0.6 is 0 Å². The predicted molar refractivity (Wildman–Crippen MR) is 133 cm³/mol. The van der Waals surface area contributed by atoms with Gasteiger partial charge in [-0.2, -0.15) is 0 Å². The van der Waals surface area contributed by atoms with Crippen molar-refractivity contribution in [3.8, 4) is 0 Å². The molecule has 166 valence electrons. The van der Waals surface area contributed by atoms with E-state index in [0.717, 1.165) is 58.2 Å². The van der Waals surface area contributed by atoms with Crippen molar-refractivity contribution >= 4 is 28.0 Å². The fourth-order valence-corrected chi connectivity index (χ4v) is 4.20. The summed E-state index contributed by atoms with van der Waals surface area (Å²) in [5.41, 5.74) is 6.05. The van der Waals surface area contributed by atoms with Gasteiger partial charge in [-0.3, -0.25) is 5.41 Å². The number of piperidine rings is 1. The molecule has 1 saturated heterocycles. The maximum absolute atomic E-state index is 8.76. The Morgan fingerprint density at radius 1 is 1.16 bits per heavy atom. The quantitative estimate of drug-likeness (QED) is 0.398. The average Bonchev–Trinajstić information content (AvgIpc) is 3.40. The van der Waals surface area contributed by atoms with Crippen LogP contribution in [0.1, 0.15) is 50.3 Å². The number of nitrogens with one attached hydrogen (secondary N) is 2. The highest BCUT2D eigenvalue weighted by molar-refractivity contribution is 6.14. The van der Waals surface area contributed by atoms with Crippen LogP contribution in [0.3, 0.4) is 0 Å². The molecule has 0 amide bonds. The van der Waals surface area contributed by atoms with Gasteiger partial charge in [0.15, 0.2) is 0 Å². The molecule has 6 heteroatoms. The molecule has 0 spiro atoms. The number of aryl methyl sites for hydroxylation is 1. The molecule has 1 fully saturated rings. The summed E-state index contributed by atoms with van der Waals surface area (Å²) in [5.74, 6) is 2.00. The van der Waals surface area contributed by atoms with Gasteiger partial charge in [0.25, 0.3) is 0 Å². The number of imidazole rings is 1.